The van der Waals surface area contributed by atoms with E-state index >= 15 is 0 Å². The molecule has 0 bridgehead atoms. The van der Waals surface area contributed by atoms with Crippen molar-refractivity contribution in [2.75, 3.05) is 0 Å². The maximum absolute atomic E-state index is 13.5. The van der Waals surface area contributed by atoms with Crippen LogP contribution in [0.1, 0.15) is 39.3 Å². The lowest BCUT2D eigenvalue weighted by atomic mass is 10.0. The minimum atomic E-state index is -0.131. The predicted molar refractivity (Wildman–Crippen MR) is 62.3 cm³/mol. The maximum Gasteiger partial charge on any atom is 0.127 e. The van der Waals surface area contributed by atoms with Crippen molar-refractivity contribution in [1.82, 2.24) is 5.32 Å². The quantitative estimate of drug-likeness (QED) is 0.800. The van der Waals surface area contributed by atoms with Crippen LogP contribution in [0.25, 0.3) is 0 Å². The first kappa shape index (κ1) is 12.2. The van der Waals surface area contributed by atoms with Crippen molar-refractivity contribution in [3.8, 4) is 0 Å². The monoisotopic (exact) mass is 209 g/mol. The summed E-state index contributed by atoms with van der Waals surface area (Å²) >= 11 is 0. The number of halogens is 1. The first-order chi connectivity index (χ1) is 7.02. The minimum Gasteiger partial charge on any atom is -0.307 e. The van der Waals surface area contributed by atoms with Crippen molar-refractivity contribution >= 4 is 0 Å². The van der Waals surface area contributed by atoms with Crippen molar-refractivity contribution in [2.45, 2.75) is 39.8 Å². The second-order valence-electron chi connectivity index (χ2n) is 4.44. The first-order valence-electron chi connectivity index (χ1n) is 5.53. The summed E-state index contributed by atoms with van der Waals surface area (Å²) in [4.78, 5) is 0. The van der Waals surface area contributed by atoms with Crippen LogP contribution in [0.3, 0.4) is 0 Å². The smallest absolute Gasteiger partial charge is 0.127 e. The van der Waals surface area contributed by atoms with Gasteiger partial charge >= 0.3 is 0 Å². The normalized spacial score (nSPS) is 15.3. The van der Waals surface area contributed by atoms with Crippen molar-refractivity contribution in [3.63, 3.8) is 0 Å². The van der Waals surface area contributed by atoms with Crippen LogP contribution in [-0.4, -0.2) is 6.04 Å². The van der Waals surface area contributed by atoms with Crippen LogP contribution >= 0.6 is 0 Å². The van der Waals surface area contributed by atoms with E-state index < -0.39 is 0 Å². The standard InChI is InChI=1S/C13H20FN/c1-9(2)10(3)15-11(4)12-7-5-6-8-13(12)14/h5-11,15H,1-4H3. The van der Waals surface area contributed by atoms with E-state index in [4.69, 9.17) is 0 Å². The Morgan fingerprint density at radius 3 is 2.20 bits per heavy atom. The molecule has 0 aromatic heterocycles. The molecule has 1 rings (SSSR count). The van der Waals surface area contributed by atoms with E-state index in [-0.39, 0.29) is 11.9 Å². The molecule has 2 atom stereocenters. The highest BCUT2D eigenvalue weighted by Crippen LogP contribution is 2.17. The van der Waals surface area contributed by atoms with Crippen molar-refractivity contribution < 1.29 is 4.39 Å². The molecule has 0 saturated carbocycles. The molecule has 2 unspecified atom stereocenters. The Morgan fingerprint density at radius 2 is 1.67 bits per heavy atom. The molecule has 1 aromatic rings. The van der Waals surface area contributed by atoms with Crippen LogP contribution in [0, 0.1) is 11.7 Å². The Bertz CT molecular complexity index is 309. The van der Waals surface area contributed by atoms with Gasteiger partial charge in [0.05, 0.1) is 0 Å². The summed E-state index contributed by atoms with van der Waals surface area (Å²) < 4.78 is 13.5. The average Bonchev–Trinajstić information content (AvgIpc) is 2.18. The van der Waals surface area contributed by atoms with Gasteiger partial charge in [0.15, 0.2) is 0 Å². The van der Waals surface area contributed by atoms with Gasteiger partial charge in [-0.1, -0.05) is 32.0 Å². The van der Waals surface area contributed by atoms with E-state index in [2.05, 4.69) is 26.1 Å². The molecule has 2 heteroatoms. The van der Waals surface area contributed by atoms with Crippen molar-refractivity contribution in [3.05, 3.63) is 35.6 Å². The van der Waals surface area contributed by atoms with E-state index in [1.165, 1.54) is 6.07 Å². The molecule has 0 aliphatic carbocycles. The molecule has 84 valence electrons. The van der Waals surface area contributed by atoms with E-state index in [1.807, 2.05) is 19.1 Å². The SMILES string of the molecule is CC(NC(C)C(C)C)c1ccccc1F. The summed E-state index contributed by atoms with van der Waals surface area (Å²) in [6.45, 7) is 8.44. The molecule has 0 amide bonds. The average molecular weight is 209 g/mol. The zero-order valence-electron chi connectivity index (χ0n) is 9.92. The Balaban J connectivity index is 2.69. The van der Waals surface area contributed by atoms with Crippen LogP contribution in [0.2, 0.25) is 0 Å². The molecular formula is C13H20FN. The Labute approximate surface area is 91.7 Å². The summed E-state index contributed by atoms with van der Waals surface area (Å²) in [6, 6.07) is 7.38. The maximum atomic E-state index is 13.5. The van der Waals surface area contributed by atoms with Gasteiger partial charge in [-0.05, 0) is 25.8 Å². The third kappa shape index (κ3) is 3.31. The van der Waals surface area contributed by atoms with Gasteiger partial charge in [-0.25, -0.2) is 4.39 Å². The van der Waals surface area contributed by atoms with Crippen molar-refractivity contribution in [2.24, 2.45) is 5.92 Å². The second-order valence-corrected chi connectivity index (χ2v) is 4.44. The topological polar surface area (TPSA) is 12.0 Å². The Hall–Kier alpha value is -0.890. The molecule has 0 radical (unpaired) electrons. The number of benzene rings is 1. The van der Waals surface area contributed by atoms with E-state index in [0.29, 0.717) is 12.0 Å². The van der Waals surface area contributed by atoms with Gasteiger partial charge in [0.25, 0.3) is 0 Å². The fourth-order valence-electron chi connectivity index (χ4n) is 1.50. The lowest BCUT2D eigenvalue weighted by Gasteiger charge is -2.23. The van der Waals surface area contributed by atoms with Crippen LogP contribution in [-0.2, 0) is 0 Å². The fourth-order valence-corrected chi connectivity index (χ4v) is 1.50. The number of rotatable bonds is 4. The zero-order chi connectivity index (χ0) is 11.4. The highest BCUT2D eigenvalue weighted by Gasteiger charge is 2.14. The summed E-state index contributed by atoms with van der Waals surface area (Å²) in [5.74, 6) is 0.424. The van der Waals surface area contributed by atoms with Crippen LogP contribution in [0.4, 0.5) is 4.39 Å². The van der Waals surface area contributed by atoms with Crippen LogP contribution in [0.15, 0.2) is 24.3 Å². The molecule has 0 fully saturated rings. The molecule has 1 aromatic carbocycles. The molecule has 0 saturated heterocycles. The lowest BCUT2D eigenvalue weighted by molar-refractivity contribution is 0.383. The molecule has 0 heterocycles. The Morgan fingerprint density at radius 1 is 1.07 bits per heavy atom. The molecule has 0 aliphatic heterocycles. The van der Waals surface area contributed by atoms with Crippen LogP contribution < -0.4 is 5.32 Å². The molecule has 0 aliphatic rings. The molecule has 15 heavy (non-hydrogen) atoms. The summed E-state index contributed by atoms with van der Waals surface area (Å²) in [5.41, 5.74) is 0.741. The third-order valence-electron chi connectivity index (χ3n) is 2.88. The highest BCUT2D eigenvalue weighted by atomic mass is 19.1. The fraction of sp³-hybridized carbons (Fsp3) is 0.538. The van der Waals surface area contributed by atoms with E-state index in [0.717, 1.165) is 5.56 Å². The summed E-state index contributed by atoms with van der Waals surface area (Å²) in [6.07, 6.45) is 0. The second kappa shape index (κ2) is 5.26. The number of hydrogen-bond donors (Lipinski definition) is 1. The van der Waals surface area contributed by atoms with Gasteiger partial charge in [0, 0.05) is 17.6 Å². The van der Waals surface area contributed by atoms with Gasteiger partial charge in [-0.15, -0.1) is 0 Å². The molecule has 0 spiro atoms. The summed E-state index contributed by atoms with van der Waals surface area (Å²) in [5, 5.41) is 3.40. The zero-order valence-corrected chi connectivity index (χ0v) is 9.92. The lowest BCUT2D eigenvalue weighted by Crippen LogP contribution is -2.33. The molecular weight excluding hydrogens is 189 g/mol. The third-order valence-corrected chi connectivity index (χ3v) is 2.88. The molecule has 1 nitrogen and oxygen atoms in total. The first-order valence-corrected chi connectivity index (χ1v) is 5.53. The van der Waals surface area contributed by atoms with Gasteiger partial charge in [0.2, 0.25) is 0 Å². The van der Waals surface area contributed by atoms with E-state index in [1.54, 1.807) is 6.07 Å². The van der Waals surface area contributed by atoms with Gasteiger partial charge < -0.3 is 5.32 Å². The molecule has 1 N–H and O–H groups in total. The van der Waals surface area contributed by atoms with Crippen molar-refractivity contribution in [1.29, 1.82) is 0 Å². The largest absolute Gasteiger partial charge is 0.307 e. The summed E-state index contributed by atoms with van der Waals surface area (Å²) in [7, 11) is 0. The van der Waals surface area contributed by atoms with Gasteiger partial charge in [0.1, 0.15) is 5.82 Å². The highest BCUT2D eigenvalue weighted by molar-refractivity contribution is 5.20. The predicted octanol–water partition coefficient (Wildman–Crippen LogP) is 3.52. The van der Waals surface area contributed by atoms with Gasteiger partial charge in [-0.2, -0.15) is 0 Å². The Kier molecular flexibility index (Phi) is 4.28. The number of nitrogens with one attached hydrogen (secondary N) is 1. The number of hydrogen-bond acceptors (Lipinski definition) is 1. The van der Waals surface area contributed by atoms with Crippen LogP contribution in [0.5, 0.6) is 0 Å². The van der Waals surface area contributed by atoms with E-state index in [9.17, 15) is 4.39 Å². The minimum absolute atomic E-state index is 0.0589. The van der Waals surface area contributed by atoms with Gasteiger partial charge in [-0.3, -0.25) is 0 Å².